The minimum absolute atomic E-state index is 0.182. The summed E-state index contributed by atoms with van der Waals surface area (Å²) in [6.45, 7) is 0. The molecule has 0 amide bonds. The first-order valence-corrected chi connectivity index (χ1v) is 8.27. The van der Waals surface area contributed by atoms with Gasteiger partial charge in [-0.15, -0.1) is 0 Å². The van der Waals surface area contributed by atoms with E-state index in [1.807, 2.05) is 72.8 Å². The number of benzene rings is 3. The Balaban J connectivity index is 1.77. The predicted molar refractivity (Wildman–Crippen MR) is 102 cm³/mol. The van der Waals surface area contributed by atoms with E-state index in [1.165, 1.54) is 0 Å². The van der Waals surface area contributed by atoms with Crippen molar-refractivity contribution in [1.29, 1.82) is 0 Å². The van der Waals surface area contributed by atoms with Crippen LogP contribution in [-0.4, -0.2) is 15.0 Å². The molecule has 0 unspecified atom stereocenters. The van der Waals surface area contributed by atoms with Crippen LogP contribution >= 0.6 is 0 Å². The standard InChI is InChI=1S/C21H14N4O/c22-21-24-19(13-7-2-1-3-8-13)23-20(25-21)16-11-6-10-15-14-9-4-5-12-17(14)26-18(15)16/h1-12H,(H2,22,23,24,25). The smallest absolute Gasteiger partial charge is 0.224 e. The second-order valence-corrected chi connectivity index (χ2v) is 5.99. The Morgan fingerprint density at radius 3 is 2.27 bits per heavy atom. The van der Waals surface area contributed by atoms with E-state index in [0.717, 1.165) is 33.1 Å². The summed E-state index contributed by atoms with van der Waals surface area (Å²) in [5, 5.41) is 2.09. The summed E-state index contributed by atoms with van der Waals surface area (Å²) < 4.78 is 6.08. The van der Waals surface area contributed by atoms with E-state index < -0.39 is 0 Å². The van der Waals surface area contributed by atoms with Crippen molar-refractivity contribution in [2.45, 2.75) is 0 Å². The number of nitrogens with two attached hydrogens (primary N) is 1. The molecule has 5 heteroatoms. The van der Waals surface area contributed by atoms with Crippen molar-refractivity contribution in [2.75, 3.05) is 5.73 Å². The Labute approximate surface area is 149 Å². The van der Waals surface area contributed by atoms with Crippen molar-refractivity contribution in [1.82, 2.24) is 15.0 Å². The average Bonchev–Trinajstić information content (AvgIpc) is 3.07. The van der Waals surface area contributed by atoms with Gasteiger partial charge < -0.3 is 10.2 Å². The van der Waals surface area contributed by atoms with Crippen LogP contribution in [0.1, 0.15) is 0 Å². The van der Waals surface area contributed by atoms with Gasteiger partial charge >= 0.3 is 0 Å². The number of hydrogen-bond acceptors (Lipinski definition) is 5. The van der Waals surface area contributed by atoms with Gasteiger partial charge in [-0.1, -0.05) is 60.7 Å². The van der Waals surface area contributed by atoms with E-state index in [1.54, 1.807) is 0 Å². The van der Waals surface area contributed by atoms with Crippen LogP contribution in [0, 0.1) is 0 Å². The number of furan rings is 1. The van der Waals surface area contributed by atoms with Gasteiger partial charge in [0.2, 0.25) is 5.95 Å². The lowest BCUT2D eigenvalue weighted by molar-refractivity contribution is 0.669. The summed E-state index contributed by atoms with van der Waals surface area (Å²) >= 11 is 0. The summed E-state index contributed by atoms with van der Waals surface area (Å²) in [6.07, 6.45) is 0. The zero-order valence-corrected chi connectivity index (χ0v) is 13.8. The molecule has 124 valence electrons. The molecule has 0 fully saturated rings. The quantitative estimate of drug-likeness (QED) is 0.505. The van der Waals surface area contributed by atoms with Gasteiger partial charge in [-0.05, 0) is 12.1 Å². The maximum Gasteiger partial charge on any atom is 0.224 e. The molecule has 26 heavy (non-hydrogen) atoms. The number of rotatable bonds is 2. The third-order valence-electron chi connectivity index (χ3n) is 4.33. The zero-order chi connectivity index (χ0) is 17.5. The van der Waals surface area contributed by atoms with Crippen molar-refractivity contribution in [3.8, 4) is 22.8 Å². The highest BCUT2D eigenvalue weighted by Crippen LogP contribution is 2.34. The van der Waals surface area contributed by atoms with Gasteiger partial charge in [0.25, 0.3) is 0 Å². The lowest BCUT2D eigenvalue weighted by atomic mass is 10.1. The molecule has 0 atom stereocenters. The van der Waals surface area contributed by atoms with E-state index in [0.29, 0.717) is 11.6 Å². The van der Waals surface area contributed by atoms with Crippen LogP contribution < -0.4 is 5.73 Å². The van der Waals surface area contributed by atoms with Crippen molar-refractivity contribution < 1.29 is 4.42 Å². The number of para-hydroxylation sites is 2. The van der Waals surface area contributed by atoms with Crippen LogP contribution in [-0.2, 0) is 0 Å². The number of nitrogens with zero attached hydrogens (tertiary/aromatic N) is 3. The molecule has 0 saturated heterocycles. The molecule has 2 heterocycles. The van der Waals surface area contributed by atoms with E-state index in [-0.39, 0.29) is 5.95 Å². The van der Waals surface area contributed by atoms with Crippen molar-refractivity contribution in [3.05, 3.63) is 72.8 Å². The van der Waals surface area contributed by atoms with Crippen molar-refractivity contribution >= 4 is 27.9 Å². The number of hydrogen-bond donors (Lipinski definition) is 1. The molecule has 2 aromatic heterocycles. The Morgan fingerprint density at radius 2 is 1.38 bits per heavy atom. The van der Waals surface area contributed by atoms with Gasteiger partial charge in [-0.3, -0.25) is 0 Å². The highest BCUT2D eigenvalue weighted by atomic mass is 16.3. The number of anilines is 1. The summed E-state index contributed by atoms with van der Waals surface area (Å²) in [7, 11) is 0. The van der Waals surface area contributed by atoms with Crippen molar-refractivity contribution in [3.63, 3.8) is 0 Å². The number of aromatic nitrogens is 3. The minimum atomic E-state index is 0.182. The predicted octanol–water partition coefficient (Wildman–Crippen LogP) is 4.69. The normalized spacial score (nSPS) is 11.2. The fraction of sp³-hybridized carbons (Fsp3) is 0. The fourth-order valence-electron chi connectivity index (χ4n) is 3.15. The molecule has 0 aliphatic carbocycles. The lowest BCUT2D eigenvalue weighted by Gasteiger charge is -2.05. The van der Waals surface area contributed by atoms with Crippen LogP contribution in [0.25, 0.3) is 44.7 Å². The van der Waals surface area contributed by atoms with E-state index in [2.05, 4.69) is 15.0 Å². The summed E-state index contributed by atoms with van der Waals surface area (Å²) in [4.78, 5) is 13.3. The Bertz CT molecular complexity index is 1250. The van der Waals surface area contributed by atoms with Gasteiger partial charge in [0.15, 0.2) is 11.6 Å². The molecular weight excluding hydrogens is 324 g/mol. The summed E-state index contributed by atoms with van der Waals surface area (Å²) in [6, 6.07) is 23.6. The molecule has 0 aliphatic rings. The highest BCUT2D eigenvalue weighted by molar-refractivity contribution is 6.09. The van der Waals surface area contributed by atoms with E-state index >= 15 is 0 Å². The molecule has 0 radical (unpaired) electrons. The maximum absolute atomic E-state index is 6.08. The van der Waals surface area contributed by atoms with Crippen LogP contribution in [0.2, 0.25) is 0 Å². The molecule has 5 nitrogen and oxygen atoms in total. The molecular formula is C21H14N4O. The lowest BCUT2D eigenvalue weighted by Crippen LogP contribution is -2.02. The third-order valence-corrected chi connectivity index (χ3v) is 4.33. The van der Waals surface area contributed by atoms with Crippen LogP contribution in [0.3, 0.4) is 0 Å². The topological polar surface area (TPSA) is 77.8 Å². The van der Waals surface area contributed by atoms with E-state index in [4.69, 9.17) is 10.2 Å². The first-order chi connectivity index (χ1) is 12.8. The largest absolute Gasteiger partial charge is 0.455 e. The van der Waals surface area contributed by atoms with Gasteiger partial charge in [-0.25, -0.2) is 4.98 Å². The first-order valence-electron chi connectivity index (χ1n) is 8.27. The zero-order valence-electron chi connectivity index (χ0n) is 13.8. The van der Waals surface area contributed by atoms with Crippen molar-refractivity contribution in [2.24, 2.45) is 0 Å². The summed E-state index contributed by atoms with van der Waals surface area (Å²) in [5.41, 5.74) is 9.23. The van der Waals surface area contributed by atoms with Crippen LogP contribution in [0.4, 0.5) is 5.95 Å². The monoisotopic (exact) mass is 338 g/mol. The Hall–Kier alpha value is -3.73. The second-order valence-electron chi connectivity index (χ2n) is 5.99. The fourth-order valence-corrected chi connectivity index (χ4v) is 3.15. The van der Waals surface area contributed by atoms with E-state index in [9.17, 15) is 0 Å². The maximum atomic E-state index is 6.08. The molecule has 2 N–H and O–H groups in total. The molecule has 3 aromatic carbocycles. The molecule has 0 spiro atoms. The second kappa shape index (κ2) is 5.67. The van der Waals surface area contributed by atoms with Gasteiger partial charge in [0, 0.05) is 16.3 Å². The van der Waals surface area contributed by atoms with Gasteiger partial charge in [-0.2, -0.15) is 9.97 Å². The minimum Gasteiger partial charge on any atom is -0.455 e. The number of fused-ring (bicyclic) bond motifs is 3. The molecule has 5 aromatic rings. The number of nitrogen functional groups attached to an aromatic ring is 1. The first kappa shape index (κ1) is 14.6. The molecule has 0 bridgehead atoms. The summed E-state index contributed by atoms with van der Waals surface area (Å²) in [5.74, 6) is 1.23. The Morgan fingerprint density at radius 1 is 0.654 bits per heavy atom. The van der Waals surface area contributed by atoms with Crippen LogP contribution in [0.15, 0.2) is 77.2 Å². The van der Waals surface area contributed by atoms with Crippen LogP contribution in [0.5, 0.6) is 0 Å². The molecule has 5 rings (SSSR count). The SMILES string of the molecule is Nc1nc(-c2ccccc2)nc(-c2cccc3c2oc2ccccc23)n1. The molecule has 0 aliphatic heterocycles. The molecule has 0 saturated carbocycles. The highest BCUT2D eigenvalue weighted by Gasteiger charge is 2.15. The third kappa shape index (κ3) is 2.29. The van der Waals surface area contributed by atoms with Gasteiger partial charge in [0.1, 0.15) is 11.2 Å². The average molecular weight is 338 g/mol. The Kier molecular flexibility index (Phi) is 3.18. The van der Waals surface area contributed by atoms with Gasteiger partial charge in [0.05, 0.1) is 5.56 Å².